The smallest absolute Gasteiger partial charge is 0.343 e. The second-order valence-electron chi connectivity index (χ2n) is 4.60. The summed E-state index contributed by atoms with van der Waals surface area (Å²) in [4.78, 5) is 12.0. The Morgan fingerprint density at radius 3 is 2.59 bits per heavy atom. The van der Waals surface area contributed by atoms with Crippen LogP contribution in [0.5, 0.6) is 5.75 Å². The quantitative estimate of drug-likeness (QED) is 0.548. The summed E-state index contributed by atoms with van der Waals surface area (Å²) in [6.45, 7) is 1.63. The summed E-state index contributed by atoms with van der Waals surface area (Å²) in [6.07, 6.45) is 1.45. The summed E-state index contributed by atoms with van der Waals surface area (Å²) >= 11 is 0. The molecule has 22 heavy (non-hydrogen) atoms. The van der Waals surface area contributed by atoms with Gasteiger partial charge in [-0.25, -0.2) is 13.9 Å². The molecule has 0 fully saturated rings. The number of carbonyl (C=O) groups is 1. The number of halogens is 1. The van der Waals surface area contributed by atoms with Gasteiger partial charge in [0.05, 0.1) is 11.3 Å². The highest BCUT2D eigenvalue weighted by Crippen LogP contribution is 2.17. The third-order valence-electron chi connectivity index (χ3n) is 3.07. The van der Waals surface area contributed by atoms with Crippen molar-refractivity contribution in [1.29, 1.82) is 0 Å². The number of tetrazole rings is 1. The molecule has 0 unspecified atom stereocenters. The molecular formula is C15H11FN4O2. The molecule has 0 bridgehead atoms. The van der Waals surface area contributed by atoms with Crippen LogP contribution in [0, 0.1) is 12.7 Å². The predicted octanol–water partition coefficient (Wildman–Crippen LogP) is 2.33. The predicted molar refractivity (Wildman–Crippen MR) is 75.2 cm³/mol. The minimum atomic E-state index is -0.617. The molecule has 0 aliphatic carbocycles. The van der Waals surface area contributed by atoms with Gasteiger partial charge >= 0.3 is 5.97 Å². The molecule has 0 spiro atoms. The van der Waals surface area contributed by atoms with Crippen molar-refractivity contribution in [2.45, 2.75) is 6.92 Å². The summed E-state index contributed by atoms with van der Waals surface area (Å²) in [6, 6.07) is 10.8. The van der Waals surface area contributed by atoms with E-state index in [0.29, 0.717) is 11.3 Å². The van der Waals surface area contributed by atoms with Gasteiger partial charge in [-0.2, -0.15) is 0 Å². The van der Waals surface area contributed by atoms with Crippen molar-refractivity contribution in [2.75, 3.05) is 0 Å². The first kappa shape index (κ1) is 13.9. The number of esters is 1. The maximum absolute atomic E-state index is 13.5. The van der Waals surface area contributed by atoms with Gasteiger partial charge in [0.15, 0.2) is 0 Å². The van der Waals surface area contributed by atoms with Gasteiger partial charge in [-0.05, 0) is 59.3 Å². The molecule has 0 saturated heterocycles. The number of nitrogens with zero attached hydrogens (tertiary/aromatic N) is 4. The van der Waals surface area contributed by atoms with Crippen molar-refractivity contribution in [2.24, 2.45) is 0 Å². The van der Waals surface area contributed by atoms with Gasteiger partial charge in [0.25, 0.3) is 0 Å². The highest BCUT2D eigenvalue weighted by molar-refractivity contribution is 5.91. The molecule has 7 heteroatoms. The number of hydrogen-bond donors (Lipinski definition) is 0. The van der Waals surface area contributed by atoms with Gasteiger partial charge in [0.1, 0.15) is 17.9 Å². The van der Waals surface area contributed by atoms with Gasteiger partial charge < -0.3 is 4.74 Å². The fraction of sp³-hybridized carbons (Fsp3) is 0.0667. The van der Waals surface area contributed by atoms with Crippen LogP contribution in [0.2, 0.25) is 0 Å². The summed E-state index contributed by atoms with van der Waals surface area (Å²) in [5.74, 6) is -0.708. The van der Waals surface area contributed by atoms with Crippen LogP contribution in [-0.4, -0.2) is 26.2 Å². The lowest BCUT2D eigenvalue weighted by atomic mass is 10.1. The van der Waals surface area contributed by atoms with E-state index in [9.17, 15) is 9.18 Å². The van der Waals surface area contributed by atoms with Crippen molar-refractivity contribution in [3.8, 4) is 11.4 Å². The molecule has 3 aromatic rings. The molecule has 0 atom stereocenters. The average Bonchev–Trinajstić information content (AvgIpc) is 3.05. The van der Waals surface area contributed by atoms with Crippen LogP contribution in [0.4, 0.5) is 4.39 Å². The zero-order valence-electron chi connectivity index (χ0n) is 11.6. The zero-order valence-corrected chi connectivity index (χ0v) is 11.6. The number of benzene rings is 2. The summed E-state index contributed by atoms with van der Waals surface area (Å²) < 4.78 is 20.1. The van der Waals surface area contributed by atoms with Crippen LogP contribution in [0.1, 0.15) is 15.9 Å². The van der Waals surface area contributed by atoms with Crippen LogP contribution in [-0.2, 0) is 0 Å². The SMILES string of the molecule is Cc1ccc(C(=O)Oc2ccc(-n3cnnn3)cc2)cc1F. The van der Waals surface area contributed by atoms with E-state index in [0.717, 1.165) is 11.8 Å². The van der Waals surface area contributed by atoms with Crippen molar-refractivity contribution >= 4 is 5.97 Å². The normalized spacial score (nSPS) is 10.5. The molecule has 0 amide bonds. The van der Waals surface area contributed by atoms with Crippen LogP contribution < -0.4 is 4.74 Å². The van der Waals surface area contributed by atoms with E-state index in [1.54, 1.807) is 31.2 Å². The van der Waals surface area contributed by atoms with Gasteiger partial charge in [-0.15, -0.1) is 5.10 Å². The second-order valence-corrected chi connectivity index (χ2v) is 4.60. The van der Waals surface area contributed by atoms with Crippen LogP contribution in [0.3, 0.4) is 0 Å². The molecule has 0 N–H and O–H groups in total. The van der Waals surface area contributed by atoms with E-state index in [-0.39, 0.29) is 5.56 Å². The third-order valence-corrected chi connectivity index (χ3v) is 3.07. The Balaban J connectivity index is 1.75. The topological polar surface area (TPSA) is 69.9 Å². The Morgan fingerprint density at radius 1 is 1.18 bits per heavy atom. The molecule has 3 rings (SSSR count). The molecule has 1 heterocycles. The summed E-state index contributed by atoms with van der Waals surface area (Å²) in [5.41, 5.74) is 1.36. The van der Waals surface area contributed by atoms with Gasteiger partial charge in [-0.1, -0.05) is 6.07 Å². The Labute approximate surface area is 125 Å². The van der Waals surface area contributed by atoms with E-state index in [1.165, 1.54) is 23.1 Å². The van der Waals surface area contributed by atoms with Gasteiger partial charge in [0, 0.05) is 0 Å². The Bertz CT molecular complexity index is 801. The standard InChI is InChI=1S/C15H11FN4O2/c1-10-2-3-11(8-14(10)16)15(21)22-13-6-4-12(5-7-13)20-9-17-18-19-20/h2-9H,1H3. The lowest BCUT2D eigenvalue weighted by Crippen LogP contribution is -2.09. The van der Waals surface area contributed by atoms with E-state index < -0.39 is 11.8 Å². The number of carbonyl (C=O) groups excluding carboxylic acids is 1. The summed E-state index contributed by atoms with van der Waals surface area (Å²) in [5, 5.41) is 10.8. The van der Waals surface area contributed by atoms with E-state index in [4.69, 9.17) is 4.74 Å². The fourth-order valence-electron chi connectivity index (χ4n) is 1.83. The average molecular weight is 298 g/mol. The Kier molecular flexibility index (Phi) is 3.61. The number of aromatic nitrogens is 4. The van der Waals surface area contributed by atoms with E-state index in [1.807, 2.05) is 0 Å². The maximum Gasteiger partial charge on any atom is 0.343 e. The number of aryl methyl sites for hydroxylation is 1. The number of hydrogen-bond acceptors (Lipinski definition) is 5. The van der Waals surface area contributed by atoms with Gasteiger partial charge in [0.2, 0.25) is 0 Å². The maximum atomic E-state index is 13.5. The van der Waals surface area contributed by atoms with E-state index in [2.05, 4.69) is 15.5 Å². The van der Waals surface area contributed by atoms with Crippen molar-refractivity contribution in [3.05, 3.63) is 65.7 Å². The molecule has 0 radical (unpaired) electrons. The molecule has 2 aromatic carbocycles. The zero-order chi connectivity index (χ0) is 15.5. The van der Waals surface area contributed by atoms with Crippen molar-refractivity contribution < 1.29 is 13.9 Å². The minimum absolute atomic E-state index is 0.160. The van der Waals surface area contributed by atoms with Crippen molar-refractivity contribution in [1.82, 2.24) is 20.2 Å². The van der Waals surface area contributed by atoms with Crippen LogP contribution in [0.15, 0.2) is 48.8 Å². The second kappa shape index (κ2) is 5.72. The van der Waals surface area contributed by atoms with Gasteiger partial charge in [-0.3, -0.25) is 0 Å². The molecule has 110 valence electrons. The third kappa shape index (κ3) is 2.83. The van der Waals surface area contributed by atoms with Crippen molar-refractivity contribution in [3.63, 3.8) is 0 Å². The molecular weight excluding hydrogens is 287 g/mol. The first-order chi connectivity index (χ1) is 10.6. The fourth-order valence-corrected chi connectivity index (χ4v) is 1.83. The molecule has 0 aliphatic rings. The highest BCUT2D eigenvalue weighted by Gasteiger charge is 2.11. The Hall–Kier alpha value is -3.09. The number of rotatable bonds is 3. The molecule has 0 aliphatic heterocycles. The molecule has 6 nitrogen and oxygen atoms in total. The highest BCUT2D eigenvalue weighted by atomic mass is 19.1. The van der Waals surface area contributed by atoms with Crippen LogP contribution >= 0.6 is 0 Å². The molecule has 1 aromatic heterocycles. The van der Waals surface area contributed by atoms with Crippen LogP contribution in [0.25, 0.3) is 5.69 Å². The largest absolute Gasteiger partial charge is 0.423 e. The minimum Gasteiger partial charge on any atom is -0.423 e. The molecule has 0 saturated carbocycles. The lowest BCUT2D eigenvalue weighted by Gasteiger charge is -2.06. The summed E-state index contributed by atoms with van der Waals surface area (Å²) in [7, 11) is 0. The lowest BCUT2D eigenvalue weighted by molar-refractivity contribution is 0.0734. The van der Waals surface area contributed by atoms with E-state index >= 15 is 0 Å². The first-order valence-electron chi connectivity index (χ1n) is 6.45. The first-order valence-corrected chi connectivity index (χ1v) is 6.45. The monoisotopic (exact) mass is 298 g/mol. The number of ether oxygens (including phenoxy) is 1. The Morgan fingerprint density at radius 2 is 1.95 bits per heavy atom.